The number of quaternary nitrogens is 1. The average Bonchev–Trinajstić information content (AvgIpc) is 3.06. The van der Waals surface area contributed by atoms with Crippen LogP contribution in [0, 0.1) is 24.1 Å². The predicted molar refractivity (Wildman–Crippen MR) is 79.0 cm³/mol. The normalized spacial score (nSPS) is 24.6. The predicted octanol–water partition coefficient (Wildman–Crippen LogP) is 2.23. The number of hydrogen-bond acceptors (Lipinski definition) is 3. The summed E-state index contributed by atoms with van der Waals surface area (Å²) in [6.45, 7) is 1.65. The van der Waals surface area contributed by atoms with Crippen LogP contribution < -0.4 is 4.39 Å². The number of aryl methyl sites for hydroxylation is 1. The Labute approximate surface area is 123 Å². The third kappa shape index (κ3) is 1.93. The molecule has 2 aliphatic rings. The van der Waals surface area contributed by atoms with Crippen LogP contribution in [0.15, 0.2) is 18.3 Å². The summed E-state index contributed by atoms with van der Waals surface area (Å²) in [5, 5.41) is 29.4. The molecule has 6 heteroatoms. The molecule has 1 atom stereocenters. The van der Waals surface area contributed by atoms with Crippen LogP contribution >= 0.6 is 0 Å². The van der Waals surface area contributed by atoms with Crippen molar-refractivity contribution in [2.45, 2.75) is 38.6 Å². The molecule has 1 heterocycles. The number of benzene rings is 1. The van der Waals surface area contributed by atoms with Crippen LogP contribution in [0.1, 0.15) is 36.8 Å². The van der Waals surface area contributed by atoms with Crippen molar-refractivity contribution in [3.05, 3.63) is 35.3 Å². The molecule has 2 N–H and O–H groups in total. The van der Waals surface area contributed by atoms with Gasteiger partial charge in [0.25, 0.3) is 0 Å². The molecule has 1 saturated carbocycles. The summed E-state index contributed by atoms with van der Waals surface area (Å²) in [7, 11) is -1.65. The highest BCUT2D eigenvalue weighted by Gasteiger charge is 2.55. The van der Waals surface area contributed by atoms with E-state index in [2.05, 4.69) is 6.07 Å². The Balaban J connectivity index is 2.26. The molecule has 1 aliphatic heterocycles. The molecule has 0 radical (unpaired) electrons. The van der Waals surface area contributed by atoms with Crippen LogP contribution in [0.2, 0.25) is 0 Å². The van der Waals surface area contributed by atoms with Crippen molar-refractivity contribution in [1.29, 1.82) is 5.26 Å². The Morgan fingerprint density at radius 2 is 2.00 bits per heavy atom. The van der Waals surface area contributed by atoms with E-state index in [1.54, 1.807) is 19.2 Å². The van der Waals surface area contributed by atoms with E-state index in [1.807, 2.05) is 0 Å². The fourth-order valence-electron chi connectivity index (χ4n) is 3.66. The summed E-state index contributed by atoms with van der Waals surface area (Å²) in [5.74, 6) is -0.381. The SMILES string of the molecule is Cc1cc2c(cc1F)C(C#N)=C[N+]2(B(O)O)C1CCCC1. The number of fused-ring (bicyclic) bond motifs is 1. The van der Waals surface area contributed by atoms with Crippen LogP contribution in [0.3, 0.4) is 0 Å². The quantitative estimate of drug-likeness (QED) is 0.820. The van der Waals surface area contributed by atoms with Crippen LogP contribution in [0.5, 0.6) is 0 Å². The van der Waals surface area contributed by atoms with Crippen molar-refractivity contribution in [3.8, 4) is 6.07 Å². The van der Waals surface area contributed by atoms with E-state index in [1.165, 1.54) is 6.07 Å². The van der Waals surface area contributed by atoms with Gasteiger partial charge in [-0.3, -0.25) is 4.39 Å². The van der Waals surface area contributed by atoms with Gasteiger partial charge in [0.15, 0.2) is 0 Å². The van der Waals surface area contributed by atoms with Crippen molar-refractivity contribution < 1.29 is 14.4 Å². The monoisotopic (exact) mass is 287 g/mol. The summed E-state index contributed by atoms with van der Waals surface area (Å²) in [5.41, 5.74) is 1.85. The van der Waals surface area contributed by atoms with Gasteiger partial charge in [0.05, 0.1) is 11.6 Å². The van der Waals surface area contributed by atoms with E-state index in [4.69, 9.17) is 0 Å². The van der Waals surface area contributed by atoms with Crippen LogP contribution in [-0.4, -0.2) is 23.3 Å². The molecule has 3 rings (SSSR count). The lowest BCUT2D eigenvalue weighted by Gasteiger charge is -2.37. The molecule has 1 unspecified atom stereocenters. The van der Waals surface area contributed by atoms with E-state index < -0.39 is 7.25 Å². The van der Waals surface area contributed by atoms with Gasteiger partial charge in [0.2, 0.25) is 0 Å². The summed E-state index contributed by atoms with van der Waals surface area (Å²) in [6, 6.07) is 5.04. The van der Waals surface area contributed by atoms with E-state index in [-0.39, 0.29) is 16.3 Å². The first-order valence-corrected chi connectivity index (χ1v) is 7.19. The maximum absolute atomic E-state index is 13.8. The molecule has 0 amide bonds. The zero-order valence-electron chi connectivity index (χ0n) is 11.9. The number of hydrogen-bond donors (Lipinski definition) is 2. The molecule has 1 aromatic carbocycles. The Kier molecular flexibility index (Phi) is 3.37. The van der Waals surface area contributed by atoms with Gasteiger partial charge in [-0.1, -0.05) is 0 Å². The van der Waals surface area contributed by atoms with E-state index in [9.17, 15) is 19.7 Å². The maximum atomic E-state index is 13.8. The van der Waals surface area contributed by atoms with E-state index in [0.29, 0.717) is 22.4 Å². The lowest BCUT2D eigenvalue weighted by molar-refractivity contribution is 0.274. The number of halogens is 1. The Morgan fingerprint density at radius 1 is 1.33 bits per heavy atom. The van der Waals surface area contributed by atoms with Crippen molar-refractivity contribution in [2.75, 3.05) is 0 Å². The molecule has 1 fully saturated rings. The second-order valence-corrected chi connectivity index (χ2v) is 5.89. The fraction of sp³-hybridized carbons (Fsp3) is 0.400. The Hall–Kier alpha value is -1.68. The number of nitrogens with zero attached hydrogens (tertiary/aromatic N) is 2. The first-order chi connectivity index (χ1) is 10.0. The summed E-state index contributed by atoms with van der Waals surface area (Å²) >= 11 is 0. The third-order valence-electron chi connectivity index (χ3n) is 4.76. The lowest BCUT2D eigenvalue weighted by atomic mass is 9.91. The molecule has 108 valence electrons. The number of nitriles is 1. The van der Waals surface area contributed by atoms with Crippen molar-refractivity contribution in [1.82, 2.24) is 4.39 Å². The molecule has 4 nitrogen and oxygen atoms in total. The first-order valence-electron chi connectivity index (χ1n) is 7.19. The smallest absolute Gasteiger partial charge is 0.369 e. The topological polar surface area (TPSA) is 64.2 Å². The summed E-state index contributed by atoms with van der Waals surface area (Å²) < 4.78 is 13.7. The highest BCUT2D eigenvalue weighted by Crippen LogP contribution is 2.46. The van der Waals surface area contributed by atoms with Gasteiger partial charge in [0.1, 0.15) is 29.3 Å². The van der Waals surface area contributed by atoms with Crippen LogP contribution in [0.25, 0.3) is 5.57 Å². The van der Waals surface area contributed by atoms with Gasteiger partial charge in [-0.15, -0.1) is 0 Å². The molecule has 1 aromatic rings. The average molecular weight is 287 g/mol. The molecular formula is C15H17BFN2O2+. The zero-order valence-corrected chi connectivity index (χ0v) is 11.9. The van der Waals surface area contributed by atoms with Crippen molar-refractivity contribution in [2.24, 2.45) is 0 Å². The number of rotatable bonds is 2. The van der Waals surface area contributed by atoms with Crippen LogP contribution in [-0.2, 0) is 0 Å². The van der Waals surface area contributed by atoms with E-state index >= 15 is 0 Å². The van der Waals surface area contributed by atoms with Crippen molar-refractivity contribution >= 4 is 18.5 Å². The molecule has 1 aliphatic carbocycles. The van der Waals surface area contributed by atoms with Gasteiger partial charge in [-0.25, -0.2) is 4.39 Å². The maximum Gasteiger partial charge on any atom is 0.764 e. The largest absolute Gasteiger partial charge is 0.764 e. The molecule has 0 aromatic heterocycles. The second-order valence-electron chi connectivity index (χ2n) is 5.89. The second kappa shape index (κ2) is 4.95. The van der Waals surface area contributed by atoms with Gasteiger partial charge in [0, 0.05) is 6.07 Å². The van der Waals surface area contributed by atoms with Crippen LogP contribution in [0.4, 0.5) is 10.1 Å². The van der Waals surface area contributed by atoms with E-state index in [0.717, 1.165) is 25.7 Å². The van der Waals surface area contributed by atoms with Gasteiger partial charge < -0.3 is 10.0 Å². The van der Waals surface area contributed by atoms with Gasteiger partial charge in [-0.2, -0.15) is 5.26 Å². The lowest BCUT2D eigenvalue weighted by Crippen LogP contribution is -2.61. The number of allylic oxidation sites excluding steroid dienone is 1. The summed E-state index contributed by atoms with van der Waals surface area (Å²) in [6.07, 6.45) is 5.38. The third-order valence-corrected chi connectivity index (χ3v) is 4.76. The molecule has 0 bridgehead atoms. The highest BCUT2D eigenvalue weighted by atomic mass is 19.1. The summed E-state index contributed by atoms with van der Waals surface area (Å²) in [4.78, 5) is 0. The first kappa shape index (κ1) is 14.3. The molecule has 0 spiro atoms. The minimum Gasteiger partial charge on any atom is -0.369 e. The molecular weight excluding hydrogens is 270 g/mol. The minimum absolute atomic E-state index is 0.0134. The van der Waals surface area contributed by atoms with Gasteiger partial charge in [-0.05, 0) is 44.2 Å². The Bertz CT molecular complexity index is 662. The van der Waals surface area contributed by atoms with Gasteiger partial charge >= 0.3 is 7.25 Å². The van der Waals surface area contributed by atoms with Crippen molar-refractivity contribution in [3.63, 3.8) is 0 Å². The standard InChI is InChI=1S/C15H17BFN2O2/c1-10-6-15-13(7-14(10)17)11(8-18)9-19(15,16(20)21)12-4-2-3-5-12/h6-7,9,12,20-21H,2-5H2,1H3/q+1. The Morgan fingerprint density at radius 3 is 2.57 bits per heavy atom. The highest BCUT2D eigenvalue weighted by molar-refractivity contribution is 6.45. The molecule has 21 heavy (non-hydrogen) atoms. The molecule has 0 saturated heterocycles. The fourth-order valence-corrected chi connectivity index (χ4v) is 3.66. The minimum atomic E-state index is -1.65. The zero-order chi connectivity index (χ0) is 15.2.